The molecule has 2 atom stereocenters. The number of piperidine rings is 1. The third-order valence-corrected chi connectivity index (χ3v) is 10.1. The predicted molar refractivity (Wildman–Crippen MR) is 123 cm³/mol. The summed E-state index contributed by atoms with van der Waals surface area (Å²) >= 11 is 1.94. The predicted octanol–water partition coefficient (Wildman–Crippen LogP) is 2.19. The molecule has 3 heterocycles. The number of sulfonamides is 1. The normalized spacial score (nSPS) is 28.5. The second kappa shape index (κ2) is 9.79. The van der Waals surface area contributed by atoms with Crippen LogP contribution in [-0.4, -0.2) is 86.0 Å². The van der Waals surface area contributed by atoms with Gasteiger partial charge in [-0.05, 0) is 56.2 Å². The van der Waals surface area contributed by atoms with Crippen LogP contribution in [0.5, 0.6) is 0 Å². The lowest BCUT2D eigenvalue weighted by Crippen LogP contribution is -2.59. The molecule has 0 bridgehead atoms. The van der Waals surface area contributed by atoms with Crippen molar-refractivity contribution in [3.8, 4) is 0 Å². The van der Waals surface area contributed by atoms with Crippen molar-refractivity contribution in [2.75, 3.05) is 50.9 Å². The molecule has 3 aliphatic rings. The minimum atomic E-state index is -3.52. The van der Waals surface area contributed by atoms with Gasteiger partial charge in [0.2, 0.25) is 10.0 Å². The fourth-order valence-corrected chi connectivity index (χ4v) is 8.00. The van der Waals surface area contributed by atoms with Crippen molar-refractivity contribution in [2.24, 2.45) is 0 Å². The minimum absolute atomic E-state index is 0.0161. The first-order valence-electron chi connectivity index (χ1n) is 11.2. The van der Waals surface area contributed by atoms with Crippen LogP contribution < -0.4 is 5.32 Å². The van der Waals surface area contributed by atoms with Gasteiger partial charge in [0.1, 0.15) is 0 Å². The highest BCUT2D eigenvalue weighted by Crippen LogP contribution is 2.33. The van der Waals surface area contributed by atoms with Crippen LogP contribution in [0.15, 0.2) is 29.2 Å². The van der Waals surface area contributed by atoms with Crippen molar-refractivity contribution >= 4 is 27.7 Å². The Labute approximate surface area is 189 Å². The molecule has 9 heteroatoms. The summed E-state index contributed by atoms with van der Waals surface area (Å²) in [5.74, 6) is 1.97. The molecule has 31 heavy (non-hydrogen) atoms. The molecule has 3 saturated heterocycles. The molecule has 3 aliphatic heterocycles. The molecular weight excluding hydrogens is 434 g/mol. The van der Waals surface area contributed by atoms with Gasteiger partial charge < -0.3 is 10.1 Å². The molecule has 172 valence electrons. The number of nitrogens with zero attached hydrogens (tertiary/aromatic N) is 2. The van der Waals surface area contributed by atoms with Crippen molar-refractivity contribution in [2.45, 2.75) is 49.1 Å². The number of amides is 1. The van der Waals surface area contributed by atoms with Crippen LogP contribution in [-0.2, 0) is 14.8 Å². The second-order valence-corrected chi connectivity index (χ2v) is 11.8. The number of hydrogen-bond acceptors (Lipinski definition) is 6. The van der Waals surface area contributed by atoms with Crippen molar-refractivity contribution in [3.05, 3.63) is 29.8 Å². The quantitative estimate of drug-likeness (QED) is 0.691. The van der Waals surface area contributed by atoms with E-state index < -0.39 is 10.0 Å². The fraction of sp³-hybridized carbons (Fsp3) is 0.682. The summed E-state index contributed by atoms with van der Waals surface area (Å²) in [4.78, 5) is 15.5. The second-order valence-electron chi connectivity index (χ2n) is 8.79. The summed E-state index contributed by atoms with van der Waals surface area (Å²) in [6, 6.07) is 6.40. The van der Waals surface area contributed by atoms with E-state index in [1.165, 1.54) is 0 Å². The molecule has 0 radical (unpaired) electrons. The monoisotopic (exact) mass is 467 g/mol. The van der Waals surface area contributed by atoms with E-state index in [4.69, 9.17) is 4.74 Å². The lowest BCUT2D eigenvalue weighted by Gasteiger charge is -2.43. The third-order valence-electron chi connectivity index (χ3n) is 6.81. The van der Waals surface area contributed by atoms with Crippen molar-refractivity contribution in [1.29, 1.82) is 0 Å². The standard InChI is InChI=1S/C22H33N3O4S2/c1-18-4-2-3-10-25(18)31(27,28)20-7-5-19(6-8-20)21(26)23-16-22(9-15-30-17-22)24-11-13-29-14-12-24/h5-8,18H,2-4,9-17H2,1H3,(H,23,26). The molecular formula is C22H33N3O4S2. The van der Waals surface area contributed by atoms with Crippen LogP contribution >= 0.6 is 11.8 Å². The number of hydrogen-bond donors (Lipinski definition) is 1. The molecule has 1 aromatic rings. The number of morpholine rings is 1. The zero-order valence-electron chi connectivity index (χ0n) is 18.2. The van der Waals surface area contributed by atoms with Gasteiger partial charge in [-0.1, -0.05) is 6.42 Å². The van der Waals surface area contributed by atoms with Crippen LogP contribution in [0.25, 0.3) is 0 Å². The van der Waals surface area contributed by atoms with Gasteiger partial charge in [-0.15, -0.1) is 0 Å². The average Bonchev–Trinajstić information content (AvgIpc) is 3.28. The average molecular weight is 468 g/mol. The Hall–Kier alpha value is -1.13. The molecule has 0 aliphatic carbocycles. The molecule has 1 amide bonds. The van der Waals surface area contributed by atoms with Gasteiger partial charge in [0.05, 0.1) is 18.1 Å². The molecule has 3 fully saturated rings. The zero-order chi connectivity index (χ0) is 21.9. The molecule has 0 aromatic heterocycles. The van der Waals surface area contributed by atoms with Gasteiger partial charge >= 0.3 is 0 Å². The third kappa shape index (κ3) is 4.95. The van der Waals surface area contributed by atoms with Crippen LogP contribution in [0.1, 0.15) is 43.0 Å². The minimum Gasteiger partial charge on any atom is -0.379 e. The highest BCUT2D eigenvalue weighted by Gasteiger charge is 2.41. The van der Waals surface area contributed by atoms with Crippen molar-refractivity contribution in [1.82, 2.24) is 14.5 Å². The van der Waals surface area contributed by atoms with Gasteiger partial charge in [-0.25, -0.2) is 8.42 Å². The number of nitrogens with one attached hydrogen (secondary N) is 1. The Balaban J connectivity index is 1.41. The largest absolute Gasteiger partial charge is 0.379 e. The summed E-state index contributed by atoms with van der Waals surface area (Å²) in [6.07, 6.45) is 3.91. The van der Waals surface area contributed by atoms with Crippen LogP contribution in [0.3, 0.4) is 0 Å². The Morgan fingerprint density at radius 2 is 1.94 bits per heavy atom. The zero-order valence-corrected chi connectivity index (χ0v) is 19.8. The maximum absolute atomic E-state index is 13.0. The highest BCUT2D eigenvalue weighted by molar-refractivity contribution is 7.99. The SMILES string of the molecule is CC1CCCCN1S(=O)(=O)c1ccc(C(=O)NCC2(N3CCOCC3)CCSC2)cc1. The first-order valence-corrected chi connectivity index (χ1v) is 13.8. The molecule has 0 saturated carbocycles. The Morgan fingerprint density at radius 3 is 2.58 bits per heavy atom. The number of carbonyl (C=O) groups is 1. The molecule has 0 spiro atoms. The van der Waals surface area contributed by atoms with Crippen molar-refractivity contribution < 1.29 is 17.9 Å². The van der Waals surface area contributed by atoms with E-state index in [0.29, 0.717) is 18.7 Å². The van der Waals surface area contributed by atoms with E-state index in [-0.39, 0.29) is 22.4 Å². The lowest BCUT2D eigenvalue weighted by molar-refractivity contribution is -0.0129. The van der Waals surface area contributed by atoms with E-state index in [0.717, 1.165) is 63.5 Å². The Morgan fingerprint density at radius 1 is 1.19 bits per heavy atom. The fourth-order valence-electron chi connectivity index (χ4n) is 4.82. The van der Waals surface area contributed by atoms with E-state index in [1.807, 2.05) is 18.7 Å². The highest BCUT2D eigenvalue weighted by atomic mass is 32.2. The van der Waals surface area contributed by atoms with Crippen LogP contribution in [0.2, 0.25) is 0 Å². The number of rotatable bonds is 6. The number of benzene rings is 1. The smallest absolute Gasteiger partial charge is 0.251 e. The molecule has 7 nitrogen and oxygen atoms in total. The van der Waals surface area contributed by atoms with E-state index >= 15 is 0 Å². The Bertz CT molecular complexity index is 863. The summed E-state index contributed by atoms with van der Waals surface area (Å²) < 4.78 is 33.1. The molecule has 1 N–H and O–H groups in total. The van der Waals surface area contributed by atoms with Gasteiger partial charge in [0, 0.05) is 49.1 Å². The maximum Gasteiger partial charge on any atom is 0.251 e. The van der Waals surface area contributed by atoms with Crippen molar-refractivity contribution in [3.63, 3.8) is 0 Å². The molecule has 1 aromatic carbocycles. The number of ether oxygens (including phenoxy) is 1. The molecule has 2 unspecified atom stereocenters. The first-order chi connectivity index (χ1) is 14.9. The van der Waals surface area contributed by atoms with E-state index in [1.54, 1.807) is 28.6 Å². The maximum atomic E-state index is 13.0. The summed E-state index contributed by atoms with van der Waals surface area (Å²) in [5.41, 5.74) is 0.478. The van der Waals surface area contributed by atoms with Gasteiger partial charge in [0.25, 0.3) is 5.91 Å². The number of carbonyl (C=O) groups excluding carboxylic acids is 1. The summed E-state index contributed by atoms with van der Waals surface area (Å²) in [7, 11) is -3.52. The van der Waals surface area contributed by atoms with Gasteiger partial charge in [0.15, 0.2) is 0 Å². The Kier molecular flexibility index (Phi) is 7.27. The summed E-state index contributed by atoms with van der Waals surface area (Å²) in [6.45, 7) is 6.41. The molecule has 4 rings (SSSR count). The van der Waals surface area contributed by atoms with Crippen LogP contribution in [0.4, 0.5) is 0 Å². The topological polar surface area (TPSA) is 79.0 Å². The van der Waals surface area contributed by atoms with Crippen LogP contribution in [0, 0.1) is 0 Å². The lowest BCUT2D eigenvalue weighted by atomic mass is 9.95. The summed E-state index contributed by atoms with van der Waals surface area (Å²) in [5, 5.41) is 3.11. The van der Waals surface area contributed by atoms with Gasteiger partial charge in [-0.3, -0.25) is 9.69 Å². The number of thioether (sulfide) groups is 1. The van der Waals surface area contributed by atoms with E-state index in [2.05, 4.69) is 10.2 Å². The van der Waals surface area contributed by atoms with Gasteiger partial charge in [-0.2, -0.15) is 16.1 Å². The van der Waals surface area contributed by atoms with E-state index in [9.17, 15) is 13.2 Å². The first kappa shape index (κ1) is 23.0.